The summed E-state index contributed by atoms with van der Waals surface area (Å²) in [5.74, 6) is 0.937. The summed E-state index contributed by atoms with van der Waals surface area (Å²) in [6.45, 7) is 3.62. The first-order chi connectivity index (χ1) is 15.4. The van der Waals surface area contributed by atoms with Crippen molar-refractivity contribution >= 4 is 45.7 Å². The maximum Gasteiger partial charge on any atom is 0.228 e. The Morgan fingerprint density at radius 2 is 2.09 bits per heavy atom. The molecule has 1 amide bonds. The Bertz CT molecular complexity index is 1240. The second-order valence-corrected chi connectivity index (χ2v) is 9.72. The van der Waals surface area contributed by atoms with Crippen molar-refractivity contribution in [1.82, 2.24) is 15.3 Å². The molecule has 1 N–H and O–H groups in total. The Balaban J connectivity index is 1.53. The summed E-state index contributed by atoms with van der Waals surface area (Å²) in [7, 11) is 1.55. The summed E-state index contributed by atoms with van der Waals surface area (Å²) in [6, 6.07) is 9.48. The van der Waals surface area contributed by atoms with Crippen molar-refractivity contribution in [3.8, 4) is 11.8 Å². The molecule has 0 saturated heterocycles. The van der Waals surface area contributed by atoms with Crippen LogP contribution < -0.4 is 10.1 Å². The van der Waals surface area contributed by atoms with Gasteiger partial charge in [0.05, 0.1) is 40.1 Å². The minimum atomic E-state index is -0.281. The van der Waals surface area contributed by atoms with E-state index in [0.717, 1.165) is 17.7 Å². The molecule has 0 aliphatic heterocycles. The number of aryl methyl sites for hydroxylation is 1. The number of hydrogen-bond acceptors (Lipinski definition) is 8. The number of rotatable bonds is 8. The van der Waals surface area contributed by atoms with Crippen molar-refractivity contribution < 1.29 is 14.3 Å². The molecule has 0 radical (unpaired) electrons. The fourth-order valence-corrected chi connectivity index (χ4v) is 5.32. The predicted octanol–water partition coefficient (Wildman–Crippen LogP) is 4.24. The predicted molar refractivity (Wildman–Crippen MR) is 124 cm³/mol. The second kappa shape index (κ2) is 9.27. The van der Waals surface area contributed by atoms with Crippen molar-refractivity contribution in [3.63, 3.8) is 0 Å². The third-order valence-corrected chi connectivity index (χ3v) is 7.50. The molecule has 164 valence electrons. The maximum absolute atomic E-state index is 12.9. The quantitative estimate of drug-likeness (QED) is 0.301. The number of methoxy groups -OCH3 is 1. The smallest absolute Gasteiger partial charge is 0.228 e. The maximum atomic E-state index is 12.9. The molecule has 2 heterocycles. The van der Waals surface area contributed by atoms with Crippen molar-refractivity contribution in [2.45, 2.75) is 43.7 Å². The van der Waals surface area contributed by atoms with Crippen LogP contribution in [0.3, 0.4) is 0 Å². The number of Topliss-reactive ketones (excluding diaryl/α,β-unsaturated/α-hetero) is 1. The van der Waals surface area contributed by atoms with Crippen molar-refractivity contribution in [2.24, 2.45) is 0 Å². The standard InChI is InChI=1S/C23H22N4O3S2/c1-12(22(29)27-15-5-6-15)18-8-9-19(32-18)16(28)11-31-23-20-17(30-3)7-4-14(10-24)21(20)25-13(2)26-23/h4,7-9,12,15H,5-6,11H2,1-3H3,(H,27,29). The third-order valence-electron chi connectivity index (χ3n) is 5.22. The molecule has 9 heteroatoms. The van der Waals surface area contributed by atoms with Crippen LogP contribution in [-0.4, -0.2) is 40.6 Å². The van der Waals surface area contributed by atoms with Gasteiger partial charge in [-0.1, -0.05) is 11.8 Å². The summed E-state index contributed by atoms with van der Waals surface area (Å²) in [4.78, 5) is 35.6. The zero-order valence-electron chi connectivity index (χ0n) is 18.0. The van der Waals surface area contributed by atoms with Crippen LogP contribution in [0.4, 0.5) is 0 Å². The average Bonchev–Trinajstić information content (AvgIpc) is 3.46. The summed E-state index contributed by atoms with van der Waals surface area (Å²) in [6.07, 6.45) is 2.09. The minimum absolute atomic E-state index is 0.00560. The number of ketones is 1. The highest BCUT2D eigenvalue weighted by Crippen LogP contribution is 2.35. The molecule has 7 nitrogen and oxygen atoms in total. The van der Waals surface area contributed by atoms with Crippen LogP contribution in [0.2, 0.25) is 0 Å². The van der Waals surface area contributed by atoms with Gasteiger partial charge in [-0.15, -0.1) is 11.3 Å². The van der Waals surface area contributed by atoms with Gasteiger partial charge in [-0.3, -0.25) is 9.59 Å². The van der Waals surface area contributed by atoms with Gasteiger partial charge < -0.3 is 10.1 Å². The largest absolute Gasteiger partial charge is 0.496 e. The highest BCUT2D eigenvalue weighted by atomic mass is 32.2. The average molecular weight is 467 g/mol. The molecule has 32 heavy (non-hydrogen) atoms. The van der Waals surface area contributed by atoms with E-state index in [1.165, 1.54) is 23.1 Å². The van der Waals surface area contributed by atoms with Crippen molar-refractivity contribution in [1.29, 1.82) is 5.26 Å². The zero-order valence-corrected chi connectivity index (χ0v) is 19.6. The van der Waals surface area contributed by atoms with Crippen LogP contribution in [0.25, 0.3) is 10.9 Å². The topological polar surface area (TPSA) is 105 Å². The first-order valence-corrected chi connectivity index (χ1v) is 12.0. The number of nitrogens with one attached hydrogen (secondary N) is 1. The van der Waals surface area contributed by atoms with Gasteiger partial charge in [-0.25, -0.2) is 9.97 Å². The van der Waals surface area contributed by atoms with Crippen LogP contribution >= 0.6 is 23.1 Å². The van der Waals surface area contributed by atoms with Gasteiger partial charge in [-0.2, -0.15) is 5.26 Å². The Labute approximate surface area is 194 Å². The number of carbonyl (C=O) groups excluding carboxylic acids is 2. The van der Waals surface area contributed by atoms with Gasteiger partial charge in [0.2, 0.25) is 5.91 Å². The number of thioether (sulfide) groups is 1. The number of fused-ring (bicyclic) bond motifs is 1. The fraction of sp³-hybridized carbons (Fsp3) is 0.348. The van der Waals surface area contributed by atoms with Gasteiger partial charge >= 0.3 is 0 Å². The normalized spacial score (nSPS) is 14.1. The molecule has 4 rings (SSSR count). The molecular formula is C23H22N4O3S2. The molecule has 2 aromatic heterocycles. The highest BCUT2D eigenvalue weighted by molar-refractivity contribution is 8.00. The van der Waals surface area contributed by atoms with E-state index < -0.39 is 0 Å². The number of benzene rings is 1. The van der Waals surface area contributed by atoms with E-state index in [2.05, 4.69) is 21.4 Å². The van der Waals surface area contributed by atoms with Crippen molar-refractivity contribution in [3.05, 3.63) is 45.4 Å². The molecular weight excluding hydrogens is 444 g/mol. The molecule has 1 atom stereocenters. The monoisotopic (exact) mass is 466 g/mol. The number of aromatic nitrogens is 2. The van der Waals surface area contributed by atoms with Gasteiger partial charge in [0.1, 0.15) is 22.7 Å². The number of hydrogen-bond donors (Lipinski definition) is 1. The molecule has 1 aliphatic rings. The number of nitriles is 1. The zero-order chi connectivity index (χ0) is 22.8. The summed E-state index contributed by atoms with van der Waals surface area (Å²) < 4.78 is 5.46. The van der Waals surface area contributed by atoms with E-state index in [-0.39, 0.29) is 23.4 Å². The van der Waals surface area contributed by atoms with Gasteiger partial charge in [-0.05, 0) is 51.0 Å². The van der Waals surface area contributed by atoms with Crippen LogP contribution in [0, 0.1) is 18.3 Å². The third kappa shape index (κ3) is 4.61. The van der Waals surface area contributed by atoms with Crippen LogP contribution in [-0.2, 0) is 4.79 Å². The SMILES string of the molecule is COc1ccc(C#N)c2nc(C)nc(SCC(=O)c3ccc(C(C)C(=O)NC4CC4)s3)c12. The van der Waals surface area contributed by atoms with E-state index in [1.54, 1.807) is 32.2 Å². The molecule has 1 fully saturated rings. The molecule has 1 aromatic carbocycles. The lowest BCUT2D eigenvalue weighted by Crippen LogP contribution is -2.29. The van der Waals surface area contributed by atoms with Crippen LogP contribution in [0.5, 0.6) is 5.75 Å². The van der Waals surface area contributed by atoms with Crippen molar-refractivity contribution in [2.75, 3.05) is 12.9 Å². The van der Waals surface area contributed by atoms with Gasteiger partial charge in [0, 0.05) is 10.9 Å². The Morgan fingerprint density at radius 1 is 1.31 bits per heavy atom. The number of ether oxygens (including phenoxy) is 1. The van der Waals surface area contributed by atoms with E-state index >= 15 is 0 Å². The van der Waals surface area contributed by atoms with Gasteiger partial charge in [0.25, 0.3) is 0 Å². The first kappa shape index (κ1) is 22.2. The summed E-state index contributed by atoms with van der Waals surface area (Å²) >= 11 is 2.65. The molecule has 1 unspecified atom stereocenters. The molecule has 3 aromatic rings. The minimum Gasteiger partial charge on any atom is -0.496 e. The fourth-order valence-electron chi connectivity index (χ4n) is 3.27. The van der Waals surface area contributed by atoms with E-state index in [0.29, 0.717) is 44.0 Å². The highest BCUT2D eigenvalue weighted by Gasteiger charge is 2.27. The Morgan fingerprint density at radius 3 is 2.78 bits per heavy atom. The molecule has 1 saturated carbocycles. The summed E-state index contributed by atoms with van der Waals surface area (Å²) in [5.41, 5.74) is 0.948. The number of amides is 1. The Kier molecular flexibility index (Phi) is 6.44. The molecule has 0 spiro atoms. The molecule has 0 bridgehead atoms. The van der Waals surface area contributed by atoms with E-state index in [9.17, 15) is 14.9 Å². The van der Waals surface area contributed by atoms with Gasteiger partial charge in [0.15, 0.2) is 5.78 Å². The van der Waals surface area contributed by atoms with E-state index in [4.69, 9.17) is 4.74 Å². The van der Waals surface area contributed by atoms with Crippen LogP contribution in [0.15, 0.2) is 29.3 Å². The summed E-state index contributed by atoms with van der Waals surface area (Å²) in [5, 5.41) is 13.7. The second-order valence-electron chi connectivity index (χ2n) is 7.65. The van der Waals surface area contributed by atoms with Crippen LogP contribution in [0.1, 0.15) is 51.6 Å². The van der Waals surface area contributed by atoms with E-state index in [1.807, 2.05) is 13.0 Å². The number of carbonyl (C=O) groups is 2. The lowest BCUT2D eigenvalue weighted by Gasteiger charge is -2.11. The first-order valence-electron chi connectivity index (χ1n) is 10.2. The lowest BCUT2D eigenvalue weighted by atomic mass is 10.1. The Hall–Kier alpha value is -2.96. The lowest BCUT2D eigenvalue weighted by molar-refractivity contribution is -0.122. The number of nitrogens with zero attached hydrogens (tertiary/aromatic N) is 3. The molecule has 1 aliphatic carbocycles. The number of thiophene rings is 1.